The van der Waals surface area contributed by atoms with Gasteiger partial charge in [0.15, 0.2) is 0 Å². The Bertz CT molecular complexity index is 452. The number of imide groups is 1. The number of hydrogen-bond acceptors (Lipinski definition) is 4. The topological polar surface area (TPSA) is 101 Å². The van der Waals surface area contributed by atoms with E-state index in [0.717, 1.165) is 0 Å². The zero-order valence-corrected chi connectivity index (χ0v) is 7.86. The second-order valence-corrected chi connectivity index (χ2v) is 2.89. The number of rotatable bonds is 1. The first-order valence-electron chi connectivity index (χ1n) is 4.04. The molecule has 1 aliphatic rings. The Morgan fingerprint density at radius 3 is 2.33 bits per heavy atom. The number of phenolic OH excluding ortho intramolecular Hbond substituents is 1. The molecule has 1 heterocycles. The van der Waals surface area contributed by atoms with Crippen LogP contribution in [0.25, 0.3) is 5.57 Å². The number of benzene rings is 1. The van der Waals surface area contributed by atoms with Crippen molar-refractivity contribution in [2.75, 3.05) is 0 Å². The monoisotopic (exact) mass is 206 g/mol. The fourth-order valence-electron chi connectivity index (χ4n) is 1.31. The fraction of sp³-hybridized carbons (Fsp3) is 0. The van der Waals surface area contributed by atoms with Crippen LogP contribution in [0.1, 0.15) is 5.56 Å². The molecule has 1 aromatic rings. The molecule has 2 rings (SSSR count). The Hall–Kier alpha value is -2.14. The second kappa shape index (κ2) is 3.93. The summed E-state index contributed by atoms with van der Waals surface area (Å²) in [6, 6.07) is 6.38. The lowest BCUT2D eigenvalue weighted by Gasteiger charge is -2.01. The summed E-state index contributed by atoms with van der Waals surface area (Å²) in [6.45, 7) is 0. The van der Waals surface area contributed by atoms with Gasteiger partial charge in [0.25, 0.3) is 11.8 Å². The molecule has 0 atom stereocenters. The molecule has 0 aliphatic carbocycles. The van der Waals surface area contributed by atoms with Gasteiger partial charge in [-0.15, -0.1) is 0 Å². The number of carbonyl (C=O) groups is 2. The maximum absolute atomic E-state index is 11.2. The van der Waals surface area contributed by atoms with Crippen molar-refractivity contribution in [2.24, 2.45) is 0 Å². The lowest BCUT2D eigenvalue weighted by Crippen LogP contribution is -2.21. The molecular weight excluding hydrogens is 196 g/mol. The summed E-state index contributed by atoms with van der Waals surface area (Å²) < 4.78 is 0. The van der Waals surface area contributed by atoms with Gasteiger partial charge in [-0.05, 0) is 6.07 Å². The van der Waals surface area contributed by atoms with Gasteiger partial charge in [0, 0.05) is 11.6 Å². The van der Waals surface area contributed by atoms with Crippen LogP contribution in [0.5, 0.6) is 5.75 Å². The molecule has 0 bridgehead atoms. The SMILES string of the molecule is N.O=C1C=C(c2ccccc2O)C(=O)N1. The van der Waals surface area contributed by atoms with E-state index < -0.39 is 11.8 Å². The van der Waals surface area contributed by atoms with Crippen LogP contribution in [-0.4, -0.2) is 16.9 Å². The van der Waals surface area contributed by atoms with Crippen molar-refractivity contribution in [1.82, 2.24) is 11.5 Å². The molecule has 1 aliphatic heterocycles. The van der Waals surface area contributed by atoms with Crippen molar-refractivity contribution in [3.63, 3.8) is 0 Å². The number of hydrogen-bond donors (Lipinski definition) is 3. The number of phenols is 1. The highest BCUT2D eigenvalue weighted by atomic mass is 16.3. The molecule has 5 nitrogen and oxygen atoms in total. The maximum atomic E-state index is 11.2. The summed E-state index contributed by atoms with van der Waals surface area (Å²) in [7, 11) is 0. The number of aromatic hydroxyl groups is 1. The largest absolute Gasteiger partial charge is 0.507 e. The third kappa shape index (κ3) is 1.87. The van der Waals surface area contributed by atoms with Crippen molar-refractivity contribution in [2.45, 2.75) is 0 Å². The summed E-state index contributed by atoms with van der Waals surface area (Å²) >= 11 is 0. The Kier molecular flexibility index (Phi) is 2.87. The van der Waals surface area contributed by atoms with E-state index >= 15 is 0 Å². The van der Waals surface area contributed by atoms with E-state index in [9.17, 15) is 14.7 Å². The minimum atomic E-state index is -0.475. The van der Waals surface area contributed by atoms with Crippen molar-refractivity contribution in [3.05, 3.63) is 35.9 Å². The van der Waals surface area contributed by atoms with E-state index in [1.165, 1.54) is 12.1 Å². The van der Waals surface area contributed by atoms with Crippen molar-refractivity contribution in [1.29, 1.82) is 0 Å². The Morgan fingerprint density at radius 1 is 1.13 bits per heavy atom. The molecule has 2 amide bonds. The molecule has 15 heavy (non-hydrogen) atoms. The molecule has 0 aromatic heterocycles. The average Bonchev–Trinajstić information content (AvgIpc) is 2.46. The van der Waals surface area contributed by atoms with Gasteiger partial charge >= 0.3 is 0 Å². The molecule has 0 unspecified atom stereocenters. The van der Waals surface area contributed by atoms with E-state index in [1.807, 2.05) is 0 Å². The quantitative estimate of drug-likeness (QED) is 0.585. The molecule has 0 spiro atoms. The number of amides is 2. The van der Waals surface area contributed by atoms with Gasteiger partial charge in [0.2, 0.25) is 0 Å². The van der Waals surface area contributed by atoms with Crippen LogP contribution < -0.4 is 11.5 Å². The summed E-state index contributed by atoms with van der Waals surface area (Å²) in [6.07, 6.45) is 1.18. The van der Waals surface area contributed by atoms with Crippen LogP contribution in [0.3, 0.4) is 0 Å². The summed E-state index contributed by atoms with van der Waals surface area (Å²) in [5, 5.41) is 11.6. The minimum absolute atomic E-state index is 0. The Labute approximate surface area is 86.0 Å². The zero-order valence-electron chi connectivity index (χ0n) is 7.86. The second-order valence-electron chi connectivity index (χ2n) is 2.89. The van der Waals surface area contributed by atoms with Gasteiger partial charge in [-0.3, -0.25) is 14.9 Å². The summed E-state index contributed by atoms with van der Waals surface area (Å²) in [4.78, 5) is 22.1. The molecule has 1 aromatic carbocycles. The third-order valence-electron chi connectivity index (χ3n) is 1.95. The van der Waals surface area contributed by atoms with Crippen molar-refractivity contribution in [3.8, 4) is 5.75 Å². The van der Waals surface area contributed by atoms with Crippen LogP contribution in [0.2, 0.25) is 0 Å². The van der Waals surface area contributed by atoms with Gasteiger partial charge in [-0.1, -0.05) is 18.2 Å². The summed E-state index contributed by atoms with van der Waals surface area (Å²) in [5.74, 6) is -0.937. The standard InChI is InChI=1S/C10H7NO3.H3N/c12-8-4-2-1-3-6(8)7-5-9(13)11-10(7)14;/h1-5,12H,(H,11,13,14);1H3. The van der Waals surface area contributed by atoms with E-state index in [0.29, 0.717) is 5.56 Å². The molecule has 0 saturated carbocycles. The predicted molar refractivity (Wildman–Crippen MR) is 54.3 cm³/mol. The van der Waals surface area contributed by atoms with Crippen LogP contribution in [0, 0.1) is 0 Å². The lowest BCUT2D eigenvalue weighted by molar-refractivity contribution is -0.123. The van der Waals surface area contributed by atoms with Crippen LogP contribution in [-0.2, 0) is 9.59 Å². The maximum Gasteiger partial charge on any atom is 0.259 e. The van der Waals surface area contributed by atoms with Crippen molar-refractivity contribution >= 4 is 17.4 Å². The Morgan fingerprint density at radius 2 is 1.80 bits per heavy atom. The number of para-hydroxylation sites is 1. The number of carbonyl (C=O) groups excluding carboxylic acids is 2. The molecule has 5 heteroatoms. The highest BCUT2D eigenvalue weighted by molar-refractivity contribution is 6.33. The predicted octanol–water partition coefficient (Wildman–Crippen LogP) is 0.594. The smallest absolute Gasteiger partial charge is 0.259 e. The average molecular weight is 206 g/mol. The highest BCUT2D eigenvalue weighted by Crippen LogP contribution is 2.26. The zero-order chi connectivity index (χ0) is 10.1. The van der Waals surface area contributed by atoms with Crippen LogP contribution in [0.15, 0.2) is 30.3 Å². The third-order valence-corrected chi connectivity index (χ3v) is 1.95. The van der Waals surface area contributed by atoms with E-state index in [2.05, 4.69) is 5.32 Å². The van der Waals surface area contributed by atoms with Gasteiger partial charge in [0.1, 0.15) is 5.75 Å². The van der Waals surface area contributed by atoms with Gasteiger partial charge in [-0.25, -0.2) is 0 Å². The van der Waals surface area contributed by atoms with Crippen LogP contribution in [0.4, 0.5) is 0 Å². The van der Waals surface area contributed by atoms with E-state index in [4.69, 9.17) is 0 Å². The fourth-order valence-corrected chi connectivity index (χ4v) is 1.31. The van der Waals surface area contributed by atoms with Crippen molar-refractivity contribution < 1.29 is 14.7 Å². The summed E-state index contributed by atoms with van der Waals surface area (Å²) in [5.41, 5.74) is 0.573. The number of nitrogens with one attached hydrogen (secondary N) is 1. The highest BCUT2D eigenvalue weighted by Gasteiger charge is 2.23. The first-order chi connectivity index (χ1) is 6.68. The molecular formula is C10H10N2O3. The van der Waals surface area contributed by atoms with Gasteiger partial charge < -0.3 is 11.3 Å². The molecule has 0 fully saturated rings. The molecule has 78 valence electrons. The van der Waals surface area contributed by atoms with Gasteiger partial charge in [-0.2, -0.15) is 0 Å². The van der Waals surface area contributed by atoms with E-state index in [1.54, 1.807) is 18.2 Å². The van der Waals surface area contributed by atoms with Gasteiger partial charge in [0.05, 0.1) is 5.57 Å². The first-order valence-corrected chi connectivity index (χ1v) is 4.04. The Balaban J connectivity index is 0.00000112. The normalized spacial score (nSPS) is 14.3. The molecule has 5 N–H and O–H groups in total. The minimum Gasteiger partial charge on any atom is -0.507 e. The van der Waals surface area contributed by atoms with Crippen LogP contribution >= 0.6 is 0 Å². The molecule has 0 saturated heterocycles. The first kappa shape index (κ1) is 10.9. The lowest BCUT2D eigenvalue weighted by atomic mass is 10.1. The molecule has 0 radical (unpaired) electrons. The van der Waals surface area contributed by atoms with E-state index in [-0.39, 0.29) is 17.5 Å².